The van der Waals surface area contributed by atoms with Gasteiger partial charge in [-0.15, -0.1) is 0 Å². The zero-order valence-corrected chi connectivity index (χ0v) is 17.7. The maximum absolute atomic E-state index is 12.8. The molecule has 2 amide bonds. The van der Waals surface area contributed by atoms with E-state index in [1.54, 1.807) is 14.1 Å². The first-order valence-electron chi connectivity index (χ1n) is 9.77. The van der Waals surface area contributed by atoms with Gasteiger partial charge in [0.2, 0.25) is 5.91 Å². The molecule has 1 aliphatic rings. The van der Waals surface area contributed by atoms with E-state index in [4.69, 9.17) is 14.2 Å². The van der Waals surface area contributed by atoms with Crippen molar-refractivity contribution in [2.75, 3.05) is 33.6 Å². The average Bonchev–Trinajstić information content (AvgIpc) is 2.72. The van der Waals surface area contributed by atoms with Crippen LogP contribution in [-0.4, -0.2) is 57.1 Å². The average molecular weight is 406 g/mol. The highest BCUT2D eigenvalue weighted by Crippen LogP contribution is 2.35. The quantitative estimate of drug-likeness (QED) is 0.700. The van der Waals surface area contributed by atoms with E-state index in [-0.39, 0.29) is 29.0 Å². The summed E-state index contributed by atoms with van der Waals surface area (Å²) in [5.74, 6) is -0.598. The number of anilines is 1. The standard InChI is InChI=1S/C21H30N2O6/c1-13(20(25)23(2)3)29-21(26)15-11-17(27-4)18(28-5)12-16(15)22-19(24)14-9-7-6-8-10-14/h11-14H,6-10H2,1-5H3,(H,22,24)/t13-/m1/s1. The molecule has 0 spiro atoms. The van der Waals surface area contributed by atoms with E-state index in [2.05, 4.69) is 5.32 Å². The summed E-state index contributed by atoms with van der Waals surface area (Å²) in [4.78, 5) is 38.9. The number of hydrogen-bond donors (Lipinski definition) is 1. The Labute approximate surface area is 171 Å². The summed E-state index contributed by atoms with van der Waals surface area (Å²) in [7, 11) is 6.09. The summed E-state index contributed by atoms with van der Waals surface area (Å²) in [5.41, 5.74) is 0.373. The van der Waals surface area contributed by atoms with Gasteiger partial charge in [-0.2, -0.15) is 0 Å². The minimum atomic E-state index is -0.965. The number of carbonyl (C=O) groups excluding carboxylic acids is 3. The van der Waals surface area contributed by atoms with E-state index >= 15 is 0 Å². The smallest absolute Gasteiger partial charge is 0.341 e. The van der Waals surface area contributed by atoms with Gasteiger partial charge in [-0.25, -0.2) is 4.79 Å². The molecule has 1 aromatic carbocycles. The Morgan fingerprint density at radius 3 is 2.17 bits per heavy atom. The summed E-state index contributed by atoms with van der Waals surface area (Å²) in [6.45, 7) is 1.50. The van der Waals surface area contributed by atoms with Gasteiger partial charge in [0.1, 0.15) is 0 Å². The minimum absolute atomic E-state index is 0.0880. The predicted molar refractivity (Wildman–Crippen MR) is 108 cm³/mol. The van der Waals surface area contributed by atoms with Crippen LogP contribution in [-0.2, 0) is 14.3 Å². The fourth-order valence-corrected chi connectivity index (χ4v) is 3.39. The van der Waals surface area contributed by atoms with Gasteiger partial charge in [0, 0.05) is 32.1 Å². The number of nitrogens with zero attached hydrogens (tertiary/aromatic N) is 1. The monoisotopic (exact) mass is 406 g/mol. The molecular formula is C21H30N2O6. The molecule has 0 unspecified atom stereocenters. The molecule has 0 radical (unpaired) electrons. The molecule has 0 bridgehead atoms. The molecule has 1 N–H and O–H groups in total. The lowest BCUT2D eigenvalue weighted by Gasteiger charge is -2.22. The second-order valence-corrected chi connectivity index (χ2v) is 7.36. The molecule has 8 nitrogen and oxygen atoms in total. The fourth-order valence-electron chi connectivity index (χ4n) is 3.39. The first-order valence-corrected chi connectivity index (χ1v) is 9.77. The van der Waals surface area contributed by atoms with Gasteiger partial charge in [0.25, 0.3) is 5.91 Å². The molecule has 8 heteroatoms. The van der Waals surface area contributed by atoms with E-state index in [0.717, 1.165) is 32.1 Å². The van der Waals surface area contributed by atoms with Crippen molar-refractivity contribution >= 4 is 23.5 Å². The molecule has 0 heterocycles. The van der Waals surface area contributed by atoms with Crippen molar-refractivity contribution in [2.24, 2.45) is 5.92 Å². The van der Waals surface area contributed by atoms with E-state index in [1.807, 2.05) is 0 Å². The molecule has 160 valence electrons. The van der Waals surface area contributed by atoms with Crippen LogP contribution in [0.4, 0.5) is 5.69 Å². The zero-order valence-electron chi connectivity index (χ0n) is 17.7. The van der Waals surface area contributed by atoms with Crippen molar-refractivity contribution in [3.05, 3.63) is 17.7 Å². The molecule has 1 fully saturated rings. The van der Waals surface area contributed by atoms with Gasteiger partial charge in [-0.3, -0.25) is 9.59 Å². The van der Waals surface area contributed by atoms with Crippen LogP contribution < -0.4 is 14.8 Å². The topological polar surface area (TPSA) is 94.2 Å². The van der Waals surface area contributed by atoms with Crippen LogP contribution in [0.3, 0.4) is 0 Å². The Kier molecular flexibility index (Phi) is 7.87. The Morgan fingerprint density at radius 2 is 1.62 bits per heavy atom. The maximum Gasteiger partial charge on any atom is 0.341 e. The van der Waals surface area contributed by atoms with Gasteiger partial charge in [0.15, 0.2) is 17.6 Å². The van der Waals surface area contributed by atoms with Crippen LogP contribution >= 0.6 is 0 Å². The number of likely N-dealkylation sites (N-methyl/N-ethyl adjacent to an activating group) is 1. The SMILES string of the molecule is COc1cc(NC(=O)C2CCCCC2)c(C(=O)O[C@H](C)C(=O)N(C)C)cc1OC. The minimum Gasteiger partial charge on any atom is -0.493 e. The number of rotatable bonds is 7. The maximum atomic E-state index is 12.8. The van der Waals surface area contributed by atoms with Crippen LogP contribution in [0.5, 0.6) is 11.5 Å². The van der Waals surface area contributed by atoms with Crippen molar-refractivity contribution in [1.29, 1.82) is 0 Å². The molecule has 1 atom stereocenters. The third-order valence-electron chi connectivity index (χ3n) is 5.05. The second kappa shape index (κ2) is 10.1. The van der Waals surface area contributed by atoms with Crippen molar-refractivity contribution in [2.45, 2.75) is 45.1 Å². The molecule has 0 aromatic heterocycles. The number of methoxy groups -OCH3 is 2. The molecule has 2 rings (SSSR count). The number of nitrogens with one attached hydrogen (secondary N) is 1. The third-order valence-corrected chi connectivity index (χ3v) is 5.05. The van der Waals surface area contributed by atoms with Crippen LogP contribution in [0.15, 0.2) is 12.1 Å². The van der Waals surface area contributed by atoms with Gasteiger partial charge in [-0.05, 0) is 19.8 Å². The van der Waals surface area contributed by atoms with Crippen LogP contribution in [0.2, 0.25) is 0 Å². The molecule has 0 saturated heterocycles. The van der Waals surface area contributed by atoms with Crippen molar-refractivity contribution in [1.82, 2.24) is 4.90 Å². The normalized spacial score (nSPS) is 15.2. The number of carbonyl (C=O) groups is 3. The Morgan fingerprint density at radius 1 is 1.03 bits per heavy atom. The van der Waals surface area contributed by atoms with E-state index < -0.39 is 12.1 Å². The first-order chi connectivity index (χ1) is 13.8. The third kappa shape index (κ3) is 5.62. The Hall–Kier alpha value is -2.77. The summed E-state index contributed by atoms with van der Waals surface area (Å²) in [6.07, 6.45) is 3.86. The number of benzene rings is 1. The Bertz CT molecular complexity index is 756. The van der Waals surface area contributed by atoms with Crippen molar-refractivity contribution in [3.8, 4) is 11.5 Å². The van der Waals surface area contributed by atoms with Gasteiger partial charge < -0.3 is 24.4 Å². The van der Waals surface area contributed by atoms with Crippen molar-refractivity contribution < 1.29 is 28.6 Å². The first kappa shape index (κ1) is 22.5. The number of esters is 1. The molecular weight excluding hydrogens is 376 g/mol. The molecule has 1 saturated carbocycles. The van der Waals surface area contributed by atoms with Gasteiger partial charge in [0.05, 0.1) is 25.5 Å². The lowest BCUT2D eigenvalue weighted by atomic mass is 9.88. The van der Waals surface area contributed by atoms with E-state index in [1.165, 1.54) is 38.2 Å². The lowest BCUT2D eigenvalue weighted by Crippen LogP contribution is -2.35. The summed E-state index contributed by atoms with van der Waals surface area (Å²) in [6, 6.07) is 2.99. The summed E-state index contributed by atoms with van der Waals surface area (Å²) >= 11 is 0. The highest BCUT2D eigenvalue weighted by Gasteiger charge is 2.27. The summed E-state index contributed by atoms with van der Waals surface area (Å²) < 4.78 is 15.9. The van der Waals surface area contributed by atoms with E-state index in [0.29, 0.717) is 11.5 Å². The van der Waals surface area contributed by atoms with Gasteiger partial charge in [-0.1, -0.05) is 19.3 Å². The second-order valence-electron chi connectivity index (χ2n) is 7.36. The van der Waals surface area contributed by atoms with E-state index in [9.17, 15) is 14.4 Å². The molecule has 29 heavy (non-hydrogen) atoms. The Balaban J connectivity index is 2.31. The highest BCUT2D eigenvalue weighted by atomic mass is 16.5. The van der Waals surface area contributed by atoms with Crippen LogP contribution in [0.1, 0.15) is 49.4 Å². The van der Waals surface area contributed by atoms with Gasteiger partial charge >= 0.3 is 5.97 Å². The zero-order chi connectivity index (χ0) is 21.6. The number of hydrogen-bond acceptors (Lipinski definition) is 6. The molecule has 1 aliphatic carbocycles. The fraction of sp³-hybridized carbons (Fsp3) is 0.571. The van der Waals surface area contributed by atoms with Crippen molar-refractivity contribution in [3.63, 3.8) is 0 Å². The van der Waals surface area contributed by atoms with Crippen LogP contribution in [0, 0.1) is 5.92 Å². The predicted octanol–water partition coefficient (Wildman–Crippen LogP) is 2.86. The summed E-state index contributed by atoms with van der Waals surface area (Å²) in [5, 5.41) is 2.84. The number of amides is 2. The number of ether oxygens (including phenoxy) is 3. The highest BCUT2D eigenvalue weighted by molar-refractivity contribution is 6.03. The lowest BCUT2D eigenvalue weighted by molar-refractivity contribution is -0.137. The largest absolute Gasteiger partial charge is 0.493 e. The molecule has 1 aromatic rings. The van der Waals surface area contributed by atoms with Crippen LogP contribution in [0.25, 0.3) is 0 Å². The molecule has 0 aliphatic heterocycles.